The van der Waals surface area contributed by atoms with E-state index in [1.165, 1.54) is 25.7 Å². The minimum absolute atomic E-state index is 0.172. The molecule has 2 saturated carbocycles. The van der Waals surface area contributed by atoms with E-state index >= 15 is 0 Å². The van der Waals surface area contributed by atoms with Gasteiger partial charge in [-0.2, -0.15) is 11.3 Å². The molecule has 0 bridgehead atoms. The fraction of sp³-hybridized carbons (Fsp3) is 0.667. The van der Waals surface area contributed by atoms with E-state index in [0.717, 1.165) is 17.4 Å². The van der Waals surface area contributed by atoms with Gasteiger partial charge in [-0.3, -0.25) is 0 Å². The van der Waals surface area contributed by atoms with Crippen molar-refractivity contribution in [2.24, 2.45) is 17.8 Å². The predicted molar refractivity (Wildman–Crippen MR) is 58.2 cm³/mol. The van der Waals surface area contributed by atoms with Crippen LogP contribution in [0.2, 0.25) is 0 Å². The standard InChI is InChI=1S/C12H16OS/c13-12(8-5-6-14-7-8)11-9-3-1-2-4-10(9)11/h5-7,9-13H,1-4H2. The molecule has 2 heteroatoms. The smallest absolute Gasteiger partial charge is 0.0831 e. The van der Waals surface area contributed by atoms with Crippen molar-refractivity contribution >= 4 is 11.3 Å². The van der Waals surface area contributed by atoms with Crippen molar-refractivity contribution in [1.29, 1.82) is 0 Å². The van der Waals surface area contributed by atoms with E-state index in [1.807, 2.05) is 0 Å². The first-order valence-corrected chi connectivity index (χ1v) is 6.52. The summed E-state index contributed by atoms with van der Waals surface area (Å²) in [5, 5.41) is 14.3. The molecule has 0 amide bonds. The average Bonchev–Trinajstić information content (AvgIpc) is 2.70. The molecule has 3 rings (SSSR count). The molecule has 0 aliphatic heterocycles. The van der Waals surface area contributed by atoms with Gasteiger partial charge in [0.2, 0.25) is 0 Å². The summed E-state index contributed by atoms with van der Waals surface area (Å²) in [6, 6.07) is 2.07. The highest BCUT2D eigenvalue weighted by atomic mass is 32.1. The summed E-state index contributed by atoms with van der Waals surface area (Å²) in [5.74, 6) is 2.28. The molecule has 0 saturated heterocycles. The summed E-state index contributed by atoms with van der Waals surface area (Å²) in [7, 11) is 0. The van der Waals surface area contributed by atoms with Crippen LogP contribution in [0, 0.1) is 17.8 Å². The van der Waals surface area contributed by atoms with E-state index < -0.39 is 0 Å². The van der Waals surface area contributed by atoms with Crippen LogP contribution >= 0.6 is 11.3 Å². The average molecular weight is 208 g/mol. The van der Waals surface area contributed by atoms with E-state index in [4.69, 9.17) is 0 Å². The van der Waals surface area contributed by atoms with E-state index in [-0.39, 0.29) is 6.10 Å². The van der Waals surface area contributed by atoms with E-state index in [9.17, 15) is 5.11 Å². The molecule has 1 aromatic heterocycles. The molecule has 1 aromatic rings. The summed E-state index contributed by atoms with van der Waals surface area (Å²) >= 11 is 1.69. The highest BCUT2D eigenvalue weighted by Gasteiger charge is 2.54. The molecule has 2 fully saturated rings. The normalized spacial score (nSPS) is 37.6. The molecule has 3 atom stereocenters. The van der Waals surface area contributed by atoms with Gasteiger partial charge in [-0.1, -0.05) is 12.8 Å². The van der Waals surface area contributed by atoms with Gasteiger partial charge in [0.05, 0.1) is 6.10 Å². The summed E-state index contributed by atoms with van der Waals surface area (Å²) in [6.45, 7) is 0. The fourth-order valence-corrected chi connectivity index (χ4v) is 3.87. The van der Waals surface area contributed by atoms with E-state index in [2.05, 4.69) is 16.8 Å². The number of rotatable bonds is 2. The zero-order chi connectivity index (χ0) is 9.54. The molecular formula is C12H16OS. The molecule has 0 radical (unpaired) electrons. The summed E-state index contributed by atoms with van der Waals surface area (Å²) < 4.78 is 0. The predicted octanol–water partition coefficient (Wildman–Crippen LogP) is 3.22. The van der Waals surface area contributed by atoms with Crippen molar-refractivity contribution in [1.82, 2.24) is 0 Å². The van der Waals surface area contributed by atoms with Gasteiger partial charge in [0.1, 0.15) is 0 Å². The topological polar surface area (TPSA) is 20.2 Å². The second kappa shape index (κ2) is 3.35. The van der Waals surface area contributed by atoms with E-state index in [1.54, 1.807) is 11.3 Å². The lowest BCUT2D eigenvalue weighted by molar-refractivity contribution is 0.142. The molecule has 2 aliphatic rings. The monoisotopic (exact) mass is 208 g/mol. The zero-order valence-electron chi connectivity index (χ0n) is 8.23. The number of hydrogen-bond donors (Lipinski definition) is 1. The number of thiophene rings is 1. The molecule has 0 spiro atoms. The fourth-order valence-electron chi connectivity index (χ4n) is 3.18. The highest BCUT2D eigenvalue weighted by molar-refractivity contribution is 7.07. The first-order chi connectivity index (χ1) is 6.88. The van der Waals surface area contributed by atoms with Gasteiger partial charge < -0.3 is 5.11 Å². The Bertz CT molecular complexity index is 294. The molecule has 1 nitrogen and oxygen atoms in total. The minimum atomic E-state index is -0.172. The van der Waals surface area contributed by atoms with Crippen LogP contribution < -0.4 is 0 Å². The van der Waals surface area contributed by atoms with Crippen molar-refractivity contribution < 1.29 is 5.11 Å². The van der Waals surface area contributed by atoms with Gasteiger partial charge >= 0.3 is 0 Å². The lowest BCUT2D eigenvalue weighted by Gasteiger charge is -2.07. The molecule has 0 aromatic carbocycles. The first-order valence-electron chi connectivity index (χ1n) is 5.58. The largest absolute Gasteiger partial charge is 0.388 e. The summed E-state index contributed by atoms with van der Waals surface area (Å²) in [5.41, 5.74) is 1.15. The second-order valence-electron chi connectivity index (χ2n) is 4.69. The Kier molecular flexibility index (Phi) is 2.14. The number of aliphatic hydroxyl groups excluding tert-OH is 1. The molecular weight excluding hydrogens is 192 g/mol. The molecule has 1 heterocycles. The van der Waals surface area contributed by atoms with Gasteiger partial charge in [-0.25, -0.2) is 0 Å². The van der Waals surface area contributed by atoms with Crippen molar-refractivity contribution in [3.8, 4) is 0 Å². The lowest BCUT2D eigenvalue weighted by Crippen LogP contribution is -2.00. The van der Waals surface area contributed by atoms with Gasteiger partial charge in [0.25, 0.3) is 0 Å². The van der Waals surface area contributed by atoms with E-state index in [0.29, 0.717) is 5.92 Å². The second-order valence-corrected chi connectivity index (χ2v) is 5.47. The molecule has 3 unspecified atom stereocenters. The zero-order valence-corrected chi connectivity index (χ0v) is 9.04. The Morgan fingerprint density at radius 3 is 2.57 bits per heavy atom. The van der Waals surface area contributed by atoms with Crippen LogP contribution in [-0.2, 0) is 0 Å². The molecule has 2 aliphatic carbocycles. The van der Waals surface area contributed by atoms with Crippen LogP contribution in [-0.4, -0.2) is 5.11 Å². The van der Waals surface area contributed by atoms with Crippen LogP contribution in [0.1, 0.15) is 37.4 Å². The maximum atomic E-state index is 10.2. The molecule has 76 valence electrons. The summed E-state index contributed by atoms with van der Waals surface area (Å²) in [4.78, 5) is 0. The van der Waals surface area contributed by atoms with Gasteiger partial charge in [-0.05, 0) is 53.0 Å². The summed E-state index contributed by atoms with van der Waals surface area (Å²) in [6.07, 6.45) is 5.31. The van der Waals surface area contributed by atoms with Crippen molar-refractivity contribution in [2.75, 3.05) is 0 Å². The maximum Gasteiger partial charge on any atom is 0.0831 e. The van der Waals surface area contributed by atoms with Crippen LogP contribution in [0.15, 0.2) is 16.8 Å². The number of hydrogen-bond acceptors (Lipinski definition) is 2. The molecule has 1 N–H and O–H groups in total. The van der Waals surface area contributed by atoms with Gasteiger partial charge in [0.15, 0.2) is 0 Å². The first kappa shape index (κ1) is 8.93. The van der Waals surface area contributed by atoms with Crippen LogP contribution in [0.5, 0.6) is 0 Å². The third-order valence-electron chi connectivity index (χ3n) is 3.97. The Balaban J connectivity index is 1.72. The maximum absolute atomic E-state index is 10.2. The van der Waals surface area contributed by atoms with Crippen molar-refractivity contribution in [2.45, 2.75) is 31.8 Å². The Hall–Kier alpha value is -0.340. The van der Waals surface area contributed by atoms with Gasteiger partial charge in [0, 0.05) is 0 Å². The Morgan fingerprint density at radius 1 is 1.29 bits per heavy atom. The SMILES string of the molecule is OC(c1ccsc1)C1C2CCCCC21. The van der Waals surface area contributed by atoms with Gasteiger partial charge in [-0.15, -0.1) is 0 Å². The quantitative estimate of drug-likeness (QED) is 0.791. The van der Waals surface area contributed by atoms with Crippen LogP contribution in [0.25, 0.3) is 0 Å². The van der Waals surface area contributed by atoms with Crippen molar-refractivity contribution in [3.63, 3.8) is 0 Å². The Labute approximate surface area is 88.8 Å². The molecule has 14 heavy (non-hydrogen) atoms. The third kappa shape index (κ3) is 1.32. The number of aliphatic hydroxyl groups is 1. The number of fused-ring (bicyclic) bond motifs is 1. The third-order valence-corrected chi connectivity index (χ3v) is 4.67. The van der Waals surface area contributed by atoms with Crippen LogP contribution in [0.4, 0.5) is 0 Å². The Morgan fingerprint density at radius 2 is 2.00 bits per heavy atom. The van der Waals surface area contributed by atoms with Crippen LogP contribution in [0.3, 0.4) is 0 Å². The lowest BCUT2D eigenvalue weighted by atomic mass is 10.0. The van der Waals surface area contributed by atoms with Crippen molar-refractivity contribution in [3.05, 3.63) is 22.4 Å². The highest BCUT2D eigenvalue weighted by Crippen LogP contribution is 2.60. The minimum Gasteiger partial charge on any atom is -0.388 e.